The summed E-state index contributed by atoms with van der Waals surface area (Å²) >= 11 is 0. The van der Waals surface area contributed by atoms with Gasteiger partial charge >= 0.3 is 18.0 Å². The van der Waals surface area contributed by atoms with E-state index in [1.807, 2.05) is 13.8 Å². The zero-order valence-corrected chi connectivity index (χ0v) is 63.7. The van der Waals surface area contributed by atoms with Crippen LogP contribution in [-0.4, -0.2) is 240 Å². The zero-order valence-electron chi connectivity index (χ0n) is 63.7. The molecular formula is C68H112F4N16O21. The lowest BCUT2D eigenvalue weighted by Gasteiger charge is -2.31. The van der Waals surface area contributed by atoms with Crippen molar-refractivity contribution in [2.45, 2.75) is 194 Å². The van der Waals surface area contributed by atoms with E-state index in [1.54, 1.807) is 34.6 Å². The van der Waals surface area contributed by atoms with Gasteiger partial charge in [-0.2, -0.15) is 8.78 Å². The number of carbonyl (C=O) groups excluding carboxylic acids is 13. The Balaban J connectivity index is 2.92. The van der Waals surface area contributed by atoms with Gasteiger partial charge in [-0.1, -0.05) is 48.5 Å². The molecule has 0 radical (unpaired) electrons. The van der Waals surface area contributed by atoms with E-state index >= 15 is 0 Å². The number of primary amides is 1. The van der Waals surface area contributed by atoms with Gasteiger partial charge in [0.2, 0.25) is 82.4 Å². The number of carboxylic acid groups (broad SMARTS) is 1. The molecule has 19 N–H and O–H groups in total. The number of halogens is 4. The quantitative estimate of drug-likeness (QED) is 0.00650. The molecule has 0 aliphatic carbocycles. The summed E-state index contributed by atoms with van der Waals surface area (Å²) in [5, 5.41) is 39.8. The minimum atomic E-state index is -1.85. The average Bonchev–Trinajstić information content (AvgIpc) is 0.813. The molecule has 0 bridgehead atoms. The molecule has 0 aliphatic rings. The number of aliphatic carboxylic acids is 1. The molecule has 0 heterocycles. The Morgan fingerprint density at radius 1 is 0.495 bits per heavy atom. The number of aliphatic imine (C=N–C) groups is 1. The fraction of sp³-hybridized carbons (Fsp3) is 0.691. The summed E-state index contributed by atoms with van der Waals surface area (Å²) in [5.41, 5.74) is 14.2. The topological polar surface area (TPSA) is 549 Å². The van der Waals surface area contributed by atoms with E-state index in [2.05, 4.69) is 73.5 Å². The minimum absolute atomic E-state index is 0.00280. The van der Waals surface area contributed by atoms with Gasteiger partial charge in [0.05, 0.1) is 85.5 Å². The third-order valence-electron chi connectivity index (χ3n) is 15.3. The smallest absolute Gasteiger partial charge is 0.313 e. The normalized spacial score (nSPS) is 13.5. The second kappa shape index (κ2) is 52.4. The van der Waals surface area contributed by atoms with Gasteiger partial charge in [0.25, 0.3) is 0 Å². The first-order valence-electron chi connectivity index (χ1n) is 35.7. The van der Waals surface area contributed by atoms with Gasteiger partial charge in [0.1, 0.15) is 53.9 Å². The third kappa shape index (κ3) is 42.1. The van der Waals surface area contributed by atoms with Gasteiger partial charge in [-0.25, -0.2) is 13.6 Å². The molecule has 37 nitrogen and oxygen atoms in total. The number of carboxylic acids is 1. The van der Waals surface area contributed by atoms with Crippen LogP contribution in [-0.2, 0) is 86.0 Å². The van der Waals surface area contributed by atoms with Crippen molar-refractivity contribution in [3.8, 4) is 5.75 Å². The van der Waals surface area contributed by atoms with Crippen LogP contribution >= 0.6 is 0 Å². The van der Waals surface area contributed by atoms with E-state index < -0.39 is 185 Å². The second-order valence-electron chi connectivity index (χ2n) is 26.9. The molecule has 109 heavy (non-hydrogen) atoms. The molecule has 0 saturated carbocycles. The summed E-state index contributed by atoms with van der Waals surface area (Å²) in [6.45, 7) is 17.8. The molecule has 1 aromatic carbocycles. The molecule has 0 spiro atoms. The van der Waals surface area contributed by atoms with Crippen LogP contribution in [0, 0.1) is 41.0 Å². The molecule has 8 atom stereocenters. The number of amides is 13. The van der Waals surface area contributed by atoms with Gasteiger partial charge in [-0.15, -0.1) is 0 Å². The summed E-state index contributed by atoms with van der Waals surface area (Å²) in [7, 11) is 0. The standard InChI is InChI=1S/C68H112F4N16O21/c1-12-44(83-57(94)40(8)80-61(98)48(32-38(4)5)86-63(100)50(35-52(91)92)82-51(90)36-79-58(95)45(81-41(9)89)15-13-18-77-66(73)74)60(97)85-49(33-39(6)7)62(99)84-46(16-14-19-78-67(75)103)64(101)88-68(10,11)65(102)87-47(31-37(2)3)59(96)76-20-22-105-24-26-107-28-30-108-29-27-106-25-23-104-21-17-53(93)109-56-54(71)42(69)34-43(70)55(56)72/h34,37-40,44-50H,12-33,35-36H2,1-11H3,(H,76,96)(H,79,95)(H,80,98)(H,81,89)(H,82,90)(H,83,94)(H,84,99)(H,85,97)(H,86,100)(H,87,102)(H,88,101)(H,91,92)(H4,73,74,77)(H3,75,78,103)/t40-,44-,45-,46-,47-,48-,49-,50-/m0/s1. The Morgan fingerprint density at radius 2 is 0.936 bits per heavy atom. The first-order chi connectivity index (χ1) is 51.2. The van der Waals surface area contributed by atoms with Crippen LogP contribution in [0.1, 0.15) is 140 Å². The molecule has 0 fully saturated rings. The molecule has 1 aromatic rings. The van der Waals surface area contributed by atoms with E-state index in [1.165, 1.54) is 27.7 Å². The number of carbonyl (C=O) groups is 14. The Morgan fingerprint density at radius 3 is 1.42 bits per heavy atom. The predicted octanol–water partition coefficient (Wildman–Crippen LogP) is -1.81. The van der Waals surface area contributed by atoms with Crippen LogP contribution < -0.4 is 85.7 Å². The number of nitrogens with zero attached hydrogens (tertiary/aromatic N) is 1. The van der Waals surface area contributed by atoms with Crippen LogP contribution in [0.5, 0.6) is 5.75 Å². The largest absolute Gasteiger partial charge is 0.481 e. The number of rotatable bonds is 56. The molecule has 0 saturated heterocycles. The number of ether oxygens (including phenoxy) is 6. The lowest BCUT2D eigenvalue weighted by atomic mass is 9.98. The lowest BCUT2D eigenvalue weighted by Crippen LogP contribution is -2.63. The first-order valence-corrected chi connectivity index (χ1v) is 35.7. The second-order valence-corrected chi connectivity index (χ2v) is 26.9. The Hall–Kier alpha value is -9.61. The maximum atomic E-state index is 14.3. The van der Waals surface area contributed by atoms with Crippen LogP contribution in [0.4, 0.5) is 22.4 Å². The van der Waals surface area contributed by atoms with Gasteiger partial charge in [-0.3, -0.25) is 67.3 Å². The Labute approximate surface area is 630 Å². The number of esters is 1. The summed E-state index contributed by atoms with van der Waals surface area (Å²) < 4.78 is 85.5. The first kappa shape index (κ1) is 97.4. The highest BCUT2D eigenvalue weighted by Gasteiger charge is 2.38. The summed E-state index contributed by atoms with van der Waals surface area (Å²) in [6.07, 6.45) is -1.08. The van der Waals surface area contributed by atoms with E-state index in [0.29, 0.717) is 0 Å². The van der Waals surface area contributed by atoms with Crippen molar-refractivity contribution in [1.29, 1.82) is 0 Å². The fourth-order valence-corrected chi connectivity index (χ4v) is 9.78. The molecule has 13 amide bonds. The van der Waals surface area contributed by atoms with Crippen molar-refractivity contribution in [2.75, 3.05) is 92.2 Å². The van der Waals surface area contributed by atoms with Gasteiger partial charge < -0.3 is 115 Å². The highest BCUT2D eigenvalue weighted by molar-refractivity contribution is 5.99. The van der Waals surface area contributed by atoms with Crippen molar-refractivity contribution in [1.82, 2.24) is 63.8 Å². The van der Waals surface area contributed by atoms with Crippen molar-refractivity contribution >= 4 is 88.9 Å². The molecule has 0 aromatic heterocycles. The van der Waals surface area contributed by atoms with Crippen molar-refractivity contribution in [3.05, 3.63) is 29.3 Å². The highest BCUT2D eigenvalue weighted by Crippen LogP contribution is 2.27. The van der Waals surface area contributed by atoms with Gasteiger partial charge in [-0.05, 0) is 89.9 Å². The van der Waals surface area contributed by atoms with E-state index in [4.69, 9.17) is 40.9 Å². The number of benzene rings is 1. The number of hydrogen-bond donors (Lipinski definition) is 16. The Kier molecular flexibility index (Phi) is 46.9. The number of nitrogens with one attached hydrogen (secondary N) is 12. The lowest BCUT2D eigenvalue weighted by molar-refractivity contribution is -0.141. The van der Waals surface area contributed by atoms with Crippen molar-refractivity contribution in [2.24, 2.45) is 39.9 Å². The monoisotopic (exact) mass is 1560 g/mol. The molecular weight excluding hydrogens is 1450 g/mol. The highest BCUT2D eigenvalue weighted by atomic mass is 19.2. The van der Waals surface area contributed by atoms with Crippen molar-refractivity contribution < 1.29 is 118 Å². The summed E-state index contributed by atoms with van der Waals surface area (Å²) in [6, 6.07) is -11.7. The van der Waals surface area contributed by atoms with Gasteiger partial charge in [0.15, 0.2) is 17.6 Å². The van der Waals surface area contributed by atoms with Crippen molar-refractivity contribution in [3.63, 3.8) is 0 Å². The van der Waals surface area contributed by atoms with Crippen LogP contribution in [0.15, 0.2) is 11.1 Å². The predicted molar refractivity (Wildman–Crippen MR) is 383 cm³/mol. The summed E-state index contributed by atoms with van der Waals surface area (Å²) in [5.74, 6) is -21.3. The number of nitrogens with two attached hydrogens (primary N) is 3. The van der Waals surface area contributed by atoms with Crippen LogP contribution in [0.3, 0.4) is 0 Å². The molecule has 0 unspecified atom stereocenters. The van der Waals surface area contributed by atoms with E-state index in [9.17, 15) is 89.8 Å². The molecule has 0 aliphatic heterocycles. The summed E-state index contributed by atoms with van der Waals surface area (Å²) in [4.78, 5) is 188. The molecule has 41 heteroatoms. The third-order valence-corrected chi connectivity index (χ3v) is 15.3. The average molecular weight is 1570 g/mol. The number of guanidine groups is 1. The zero-order chi connectivity index (χ0) is 82.5. The molecule has 618 valence electrons. The SMILES string of the molecule is CC[C@H](NC(=O)[C@H](C)NC(=O)[C@H](CC(C)C)NC(=O)[C@H](CC(=O)O)NC(=O)CNC(=O)[C@H](CCCN=C(N)N)NC(C)=O)C(=O)N[C@@H](CC(C)C)C(=O)N[C@@H](CCCNC(N)=O)C(=O)NC(C)(C)C(=O)N[C@@H](CC(C)C)C(=O)NCCOCCOCCOCCOCCOCCC(=O)Oc1c(F)c(F)cc(F)c1F. The maximum Gasteiger partial charge on any atom is 0.313 e. The molecule has 1 rings (SSSR count). The number of hydrogen-bond acceptors (Lipinski definition) is 21. The maximum absolute atomic E-state index is 14.3. The van der Waals surface area contributed by atoms with Gasteiger partial charge in [0, 0.05) is 32.6 Å². The van der Waals surface area contributed by atoms with E-state index in [0.717, 1.165) is 0 Å². The minimum Gasteiger partial charge on any atom is -0.481 e. The van der Waals surface area contributed by atoms with E-state index in [-0.39, 0.29) is 167 Å². The number of urea groups is 1. The van der Waals surface area contributed by atoms with Crippen LogP contribution in [0.25, 0.3) is 0 Å². The van der Waals surface area contributed by atoms with Crippen LogP contribution in [0.2, 0.25) is 0 Å². The fourth-order valence-electron chi connectivity index (χ4n) is 9.78. The Bertz CT molecular complexity index is 3160.